The standard InChI is InChI=1S/C17H29NO2/c1-4-6-7-9-15(3)18-12-13-20-17-11-8-10-16(14-17)19-5-2/h8,10-11,14-15,18H,4-7,9,12-13H2,1-3H3. The molecule has 0 fully saturated rings. The summed E-state index contributed by atoms with van der Waals surface area (Å²) in [6.45, 7) is 8.71. The van der Waals surface area contributed by atoms with Gasteiger partial charge in [0.15, 0.2) is 0 Å². The molecule has 0 aliphatic heterocycles. The summed E-state index contributed by atoms with van der Waals surface area (Å²) in [7, 11) is 0. The second-order valence-electron chi connectivity index (χ2n) is 5.11. The highest BCUT2D eigenvalue weighted by atomic mass is 16.5. The molecule has 1 aromatic rings. The van der Waals surface area contributed by atoms with Crippen LogP contribution in [0, 0.1) is 0 Å². The monoisotopic (exact) mass is 279 g/mol. The van der Waals surface area contributed by atoms with Gasteiger partial charge in [-0.05, 0) is 32.4 Å². The van der Waals surface area contributed by atoms with E-state index in [2.05, 4.69) is 19.2 Å². The average molecular weight is 279 g/mol. The number of hydrogen-bond donors (Lipinski definition) is 1. The van der Waals surface area contributed by atoms with Gasteiger partial charge in [-0.25, -0.2) is 0 Å². The quantitative estimate of drug-likeness (QED) is 0.621. The Morgan fingerprint density at radius 3 is 2.55 bits per heavy atom. The van der Waals surface area contributed by atoms with Crippen molar-refractivity contribution in [2.24, 2.45) is 0 Å². The van der Waals surface area contributed by atoms with E-state index in [0.29, 0.717) is 19.3 Å². The van der Waals surface area contributed by atoms with Gasteiger partial charge in [0.1, 0.15) is 18.1 Å². The minimum atomic E-state index is 0.569. The van der Waals surface area contributed by atoms with Gasteiger partial charge in [0.05, 0.1) is 6.61 Å². The lowest BCUT2D eigenvalue weighted by atomic mass is 10.1. The van der Waals surface area contributed by atoms with E-state index in [0.717, 1.165) is 18.0 Å². The fourth-order valence-electron chi connectivity index (χ4n) is 2.10. The van der Waals surface area contributed by atoms with Crippen LogP contribution in [0.25, 0.3) is 0 Å². The molecule has 0 radical (unpaired) electrons. The number of hydrogen-bond acceptors (Lipinski definition) is 3. The maximum atomic E-state index is 5.73. The maximum Gasteiger partial charge on any atom is 0.123 e. The molecule has 0 aliphatic carbocycles. The molecule has 114 valence electrons. The first-order chi connectivity index (χ1) is 9.76. The zero-order chi connectivity index (χ0) is 14.6. The van der Waals surface area contributed by atoms with Crippen molar-refractivity contribution in [1.82, 2.24) is 5.32 Å². The van der Waals surface area contributed by atoms with Gasteiger partial charge in [0, 0.05) is 18.7 Å². The molecular formula is C17H29NO2. The van der Waals surface area contributed by atoms with Crippen molar-refractivity contribution in [3.05, 3.63) is 24.3 Å². The van der Waals surface area contributed by atoms with E-state index >= 15 is 0 Å². The minimum Gasteiger partial charge on any atom is -0.494 e. The van der Waals surface area contributed by atoms with Crippen molar-refractivity contribution < 1.29 is 9.47 Å². The average Bonchev–Trinajstić information content (AvgIpc) is 2.45. The molecule has 0 amide bonds. The summed E-state index contributed by atoms with van der Waals surface area (Å²) in [5.41, 5.74) is 0. The van der Waals surface area contributed by atoms with E-state index in [4.69, 9.17) is 9.47 Å². The SMILES string of the molecule is CCCCCC(C)NCCOc1cccc(OCC)c1. The summed E-state index contributed by atoms with van der Waals surface area (Å²) in [6, 6.07) is 8.38. The first-order valence-electron chi connectivity index (χ1n) is 7.85. The molecule has 0 heterocycles. The Kier molecular flexibility index (Phi) is 8.88. The lowest BCUT2D eigenvalue weighted by Gasteiger charge is -2.14. The molecule has 0 aliphatic rings. The molecule has 0 saturated heterocycles. The van der Waals surface area contributed by atoms with E-state index in [1.54, 1.807) is 0 Å². The molecule has 0 bridgehead atoms. The Bertz CT molecular complexity index is 355. The molecule has 1 aromatic carbocycles. The summed E-state index contributed by atoms with van der Waals surface area (Å²) >= 11 is 0. The van der Waals surface area contributed by atoms with Gasteiger partial charge in [0.2, 0.25) is 0 Å². The van der Waals surface area contributed by atoms with Crippen molar-refractivity contribution in [2.45, 2.75) is 52.5 Å². The van der Waals surface area contributed by atoms with Crippen molar-refractivity contribution in [3.63, 3.8) is 0 Å². The number of unbranched alkanes of at least 4 members (excludes halogenated alkanes) is 2. The summed E-state index contributed by atoms with van der Waals surface area (Å²) in [6.07, 6.45) is 5.16. The largest absolute Gasteiger partial charge is 0.494 e. The first kappa shape index (κ1) is 16.8. The lowest BCUT2D eigenvalue weighted by molar-refractivity contribution is 0.298. The highest BCUT2D eigenvalue weighted by Gasteiger charge is 2.01. The van der Waals surface area contributed by atoms with Crippen LogP contribution in [-0.4, -0.2) is 25.8 Å². The molecule has 0 saturated carbocycles. The highest BCUT2D eigenvalue weighted by Crippen LogP contribution is 2.19. The zero-order valence-corrected chi connectivity index (χ0v) is 13.2. The Hall–Kier alpha value is -1.22. The topological polar surface area (TPSA) is 30.5 Å². The minimum absolute atomic E-state index is 0.569. The zero-order valence-electron chi connectivity index (χ0n) is 13.2. The van der Waals surface area contributed by atoms with Crippen LogP contribution in [-0.2, 0) is 0 Å². The highest BCUT2D eigenvalue weighted by molar-refractivity contribution is 5.32. The molecule has 1 rings (SSSR count). The lowest BCUT2D eigenvalue weighted by Crippen LogP contribution is -2.30. The van der Waals surface area contributed by atoms with Crippen LogP contribution in [0.15, 0.2) is 24.3 Å². The third-order valence-electron chi connectivity index (χ3n) is 3.22. The Morgan fingerprint density at radius 1 is 1.10 bits per heavy atom. The van der Waals surface area contributed by atoms with Crippen molar-refractivity contribution in [2.75, 3.05) is 19.8 Å². The number of benzene rings is 1. The molecule has 20 heavy (non-hydrogen) atoms. The van der Waals surface area contributed by atoms with E-state index in [9.17, 15) is 0 Å². The van der Waals surface area contributed by atoms with Crippen molar-refractivity contribution in [3.8, 4) is 11.5 Å². The van der Waals surface area contributed by atoms with E-state index in [-0.39, 0.29) is 0 Å². The fraction of sp³-hybridized carbons (Fsp3) is 0.647. The Morgan fingerprint density at radius 2 is 1.85 bits per heavy atom. The van der Waals surface area contributed by atoms with Crippen LogP contribution in [0.3, 0.4) is 0 Å². The van der Waals surface area contributed by atoms with Crippen LogP contribution in [0.2, 0.25) is 0 Å². The van der Waals surface area contributed by atoms with Gasteiger partial charge < -0.3 is 14.8 Å². The van der Waals surface area contributed by atoms with Crippen LogP contribution >= 0.6 is 0 Å². The second kappa shape index (κ2) is 10.6. The third kappa shape index (κ3) is 7.39. The van der Waals surface area contributed by atoms with Gasteiger partial charge in [-0.2, -0.15) is 0 Å². The summed E-state index contributed by atoms with van der Waals surface area (Å²) in [5.74, 6) is 1.74. The summed E-state index contributed by atoms with van der Waals surface area (Å²) in [4.78, 5) is 0. The molecule has 1 N–H and O–H groups in total. The van der Waals surface area contributed by atoms with Gasteiger partial charge in [0.25, 0.3) is 0 Å². The smallest absolute Gasteiger partial charge is 0.123 e. The van der Waals surface area contributed by atoms with Crippen LogP contribution < -0.4 is 14.8 Å². The van der Waals surface area contributed by atoms with Crippen molar-refractivity contribution >= 4 is 0 Å². The van der Waals surface area contributed by atoms with E-state index in [1.165, 1.54) is 25.7 Å². The molecule has 1 unspecified atom stereocenters. The molecule has 0 spiro atoms. The molecule has 1 atom stereocenters. The third-order valence-corrected chi connectivity index (χ3v) is 3.22. The van der Waals surface area contributed by atoms with Gasteiger partial charge >= 0.3 is 0 Å². The first-order valence-corrected chi connectivity index (χ1v) is 7.85. The summed E-state index contributed by atoms with van der Waals surface area (Å²) < 4.78 is 11.2. The maximum absolute atomic E-state index is 5.73. The van der Waals surface area contributed by atoms with Crippen LogP contribution in [0.1, 0.15) is 46.5 Å². The molecular weight excluding hydrogens is 250 g/mol. The predicted molar refractivity (Wildman–Crippen MR) is 84.7 cm³/mol. The van der Waals surface area contributed by atoms with E-state index in [1.807, 2.05) is 31.2 Å². The normalized spacial score (nSPS) is 12.2. The fourth-order valence-corrected chi connectivity index (χ4v) is 2.10. The van der Waals surface area contributed by atoms with Crippen LogP contribution in [0.5, 0.6) is 11.5 Å². The number of ether oxygens (including phenoxy) is 2. The van der Waals surface area contributed by atoms with Crippen LogP contribution in [0.4, 0.5) is 0 Å². The Labute approximate surface area is 123 Å². The second-order valence-corrected chi connectivity index (χ2v) is 5.11. The molecule has 3 heteroatoms. The van der Waals surface area contributed by atoms with Crippen molar-refractivity contribution in [1.29, 1.82) is 0 Å². The van der Waals surface area contributed by atoms with Gasteiger partial charge in [-0.1, -0.05) is 32.3 Å². The summed E-state index contributed by atoms with van der Waals surface area (Å²) in [5, 5.41) is 3.50. The van der Waals surface area contributed by atoms with Gasteiger partial charge in [-0.3, -0.25) is 0 Å². The predicted octanol–water partition coefficient (Wildman–Crippen LogP) is 4.02. The molecule has 0 aromatic heterocycles. The number of nitrogens with one attached hydrogen (secondary N) is 1. The molecule has 3 nitrogen and oxygen atoms in total. The van der Waals surface area contributed by atoms with Gasteiger partial charge in [-0.15, -0.1) is 0 Å². The Balaban J connectivity index is 2.15. The number of rotatable bonds is 11. The van der Waals surface area contributed by atoms with E-state index < -0.39 is 0 Å².